The number of halogens is 2. The van der Waals surface area contributed by atoms with Crippen molar-refractivity contribution in [2.75, 3.05) is 0 Å². The molecule has 148 valence electrons. The molecule has 0 aliphatic carbocycles. The van der Waals surface area contributed by atoms with Crippen molar-refractivity contribution < 1.29 is 14.3 Å². The average Bonchev–Trinajstić information content (AvgIpc) is 2.74. The Morgan fingerprint density at radius 3 is 1.43 bits per heavy atom. The summed E-state index contributed by atoms with van der Waals surface area (Å²) in [4.78, 5) is 13.4. The van der Waals surface area contributed by atoms with Gasteiger partial charge in [-0.25, -0.2) is 0 Å². The molecular formula is C25H16Br2O3. The van der Waals surface area contributed by atoms with Gasteiger partial charge in [0.15, 0.2) is 0 Å². The molecule has 0 radical (unpaired) electrons. The van der Waals surface area contributed by atoms with Crippen molar-refractivity contribution in [2.24, 2.45) is 0 Å². The molecule has 0 aliphatic heterocycles. The number of carbonyl (C=O) groups is 1. The highest BCUT2D eigenvalue weighted by Gasteiger charge is 2.19. The maximum absolute atomic E-state index is 13.4. The molecule has 0 aromatic heterocycles. The second-order valence-corrected chi connectivity index (χ2v) is 8.27. The first-order chi connectivity index (χ1) is 14.6. The summed E-state index contributed by atoms with van der Waals surface area (Å²) in [5.41, 5.74) is 0.922. The second-order valence-electron chi connectivity index (χ2n) is 6.44. The maximum Gasteiger partial charge on any atom is 0.200 e. The monoisotopic (exact) mass is 522 g/mol. The summed E-state index contributed by atoms with van der Waals surface area (Å²) < 4.78 is 13.8. The molecule has 0 atom stereocenters. The number of ether oxygens (including phenoxy) is 2. The van der Waals surface area contributed by atoms with Crippen LogP contribution in [0.4, 0.5) is 0 Å². The summed E-state index contributed by atoms with van der Waals surface area (Å²) in [6, 6.07) is 29.4. The first-order valence-corrected chi connectivity index (χ1v) is 10.8. The van der Waals surface area contributed by atoms with E-state index in [1.54, 1.807) is 24.3 Å². The molecule has 0 aliphatic rings. The minimum atomic E-state index is -0.175. The second kappa shape index (κ2) is 9.28. The molecule has 0 fully saturated rings. The van der Waals surface area contributed by atoms with Crippen LogP contribution < -0.4 is 9.47 Å². The largest absolute Gasteiger partial charge is 0.457 e. The Morgan fingerprint density at radius 1 is 0.567 bits per heavy atom. The molecule has 3 nitrogen and oxygen atoms in total. The van der Waals surface area contributed by atoms with Gasteiger partial charge in [-0.2, -0.15) is 0 Å². The van der Waals surface area contributed by atoms with Gasteiger partial charge in [-0.1, -0.05) is 68.3 Å². The fraction of sp³-hybridized carbons (Fsp3) is 0. The third-order valence-corrected chi connectivity index (χ3v) is 5.30. The summed E-state index contributed by atoms with van der Waals surface area (Å²) in [6.45, 7) is 0. The predicted octanol–water partition coefficient (Wildman–Crippen LogP) is 8.03. The van der Waals surface area contributed by atoms with Gasteiger partial charge in [0.1, 0.15) is 23.0 Å². The van der Waals surface area contributed by atoms with Crippen LogP contribution in [0.25, 0.3) is 0 Å². The first kappa shape index (κ1) is 20.4. The van der Waals surface area contributed by atoms with Crippen LogP contribution in [0.2, 0.25) is 0 Å². The number of ketones is 1. The van der Waals surface area contributed by atoms with E-state index in [-0.39, 0.29) is 5.78 Å². The normalized spacial score (nSPS) is 10.5. The summed E-state index contributed by atoms with van der Waals surface area (Å²) in [7, 11) is 0. The van der Waals surface area contributed by atoms with E-state index < -0.39 is 0 Å². The van der Waals surface area contributed by atoms with Crippen molar-refractivity contribution in [2.45, 2.75) is 0 Å². The molecule has 0 bridgehead atoms. The smallest absolute Gasteiger partial charge is 0.200 e. The minimum Gasteiger partial charge on any atom is -0.457 e. The summed E-state index contributed by atoms with van der Waals surface area (Å²) >= 11 is 6.88. The van der Waals surface area contributed by atoms with Crippen molar-refractivity contribution >= 4 is 37.6 Å². The van der Waals surface area contributed by atoms with Crippen LogP contribution in [0, 0.1) is 0 Å². The number of para-hydroxylation sites is 2. The van der Waals surface area contributed by atoms with Gasteiger partial charge in [0, 0.05) is 8.95 Å². The van der Waals surface area contributed by atoms with Crippen molar-refractivity contribution in [3.05, 3.63) is 117 Å². The molecule has 0 N–H and O–H groups in total. The molecule has 4 aromatic carbocycles. The van der Waals surface area contributed by atoms with E-state index in [1.807, 2.05) is 72.8 Å². The molecule has 0 saturated carbocycles. The van der Waals surface area contributed by atoms with E-state index in [1.165, 1.54) is 0 Å². The highest BCUT2D eigenvalue weighted by atomic mass is 79.9. The fourth-order valence-electron chi connectivity index (χ4n) is 2.95. The molecule has 4 aromatic rings. The van der Waals surface area contributed by atoms with Crippen molar-refractivity contribution in [3.63, 3.8) is 0 Å². The molecule has 5 heteroatoms. The summed E-state index contributed by atoms with van der Waals surface area (Å²) in [5.74, 6) is 2.08. The van der Waals surface area contributed by atoms with Gasteiger partial charge in [-0.05, 0) is 60.7 Å². The van der Waals surface area contributed by atoms with E-state index in [0.717, 1.165) is 8.95 Å². The highest BCUT2D eigenvalue weighted by Crippen LogP contribution is 2.33. The summed E-state index contributed by atoms with van der Waals surface area (Å²) in [5, 5.41) is 0. The molecule has 0 heterocycles. The maximum atomic E-state index is 13.4. The molecule has 0 amide bonds. The lowest BCUT2D eigenvalue weighted by atomic mass is 10.0. The Kier molecular flexibility index (Phi) is 6.31. The lowest BCUT2D eigenvalue weighted by Crippen LogP contribution is -2.05. The number of rotatable bonds is 6. The molecule has 4 rings (SSSR count). The third-order valence-electron chi connectivity index (χ3n) is 4.31. The van der Waals surface area contributed by atoms with Crippen molar-refractivity contribution in [1.29, 1.82) is 0 Å². The lowest BCUT2D eigenvalue weighted by Gasteiger charge is -2.13. The van der Waals surface area contributed by atoms with Gasteiger partial charge in [-0.15, -0.1) is 0 Å². The first-order valence-electron chi connectivity index (χ1n) is 9.20. The minimum absolute atomic E-state index is 0.175. The number of hydrogen-bond donors (Lipinski definition) is 0. The SMILES string of the molecule is O=C(c1ccccc1Oc1cccc(Br)c1)c1ccccc1Oc1cccc(Br)c1. The molecule has 30 heavy (non-hydrogen) atoms. The van der Waals surface area contributed by atoms with Gasteiger partial charge in [0.05, 0.1) is 11.1 Å². The van der Waals surface area contributed by atoms with E-state index in [2.05, 4.69) is 31.9 Å². The van der Waals surface area contributed by atoms with Crippen LogP contribution >= 0.6 is 31.9 Å². The topological polar surface area (TPSA) is 35.5 Å². The average molecular weight is 524 g/mol. The van der Waals surface area contributed by atoms with Crippen LogP contribution in [0.5, 0.6) is 23.0 Å². The van der Waals surface area contributed by atoms with Gasteiger partial charge >= 0.3 is 0 Å². The number of benzene rings is 4. The Bertz CT molecular complexity index is 1110. The predicted molar refractivity (Wildman–Crippen MR) is 125 cm³/mol. The zero-order valence-corrected chi connectivity index (χ0v) is 18.9. The standard InChI is InChI=1S/C25H16Br2O3/c26-17-7-5-9-19(15-17)29-23-13-3-1-11-21(23)25(28)22-12-2-4-14-24(22)30-20-10-6-8-18(27)16-20/h1-16H. The molecule has 0 unspecified atom stereocenters. The van der Waals surface area contributed by atoms with Crippen LogP contribution in [0.15, 0.2) is 106 Å². The Hall–Kier alpha value is -2.89. The van der Waals surface area contributed by atoms with Crippen LogP contribution in [0.3, 0.4) is 0 Å². The van der Waals surface area contributed by atoms with Crippen molar-refractivity contribution in [1.82, 2.24) is 0 Å². The Labute approximate surface area is 191 Å². The van der Waals surface area contributed by atoms with E-state index in [9.17, 15) is 4.79 Å². The zero-order valence-electron chi connectivity index (χ0n) is 15.7. The Balaban J connectivity index is 1.67. The third kappa shape index (κ3) is 4.81. The molecular weight excluding hydrogens is 508 g/mol. The van der Waals surface area contributed by atoms with Crippen molar-refractivity contribution in [3.8, 4) is 23.0 Å². The van der Waals surface area contributed by atoms with Crippen LogP contribution in [-0.4, -0.2) is 5.78 Å². The van der Waals surface area contributed by atoms with Gasteiger partial charge < -0.3 is 9.47 Å². The number of hydrogen-bond acceptors (Lipinski definition) is 3. The van der Waals surface area contributed by atoms with E-state index in [4.69, 9.17) is 9.47 Å². The lowest BCUT2D eigenvalue weighted by molar-refractivity contribution is 0.103. The van der Waals surface area contributed by atoms with Crippen LogP contribution in [0.1, 0.15) is 15.9 Å². The van der Waals surface area contributed by atoms with E-state index >= 15 is 0 Å². The fourth-order valence-corrected chi connectivity index (χ4v) is 3.70. The quantitative estimate of drug-likeness (QED) is 0.240. The van der Waals surface area contributed by atoms with Crippen LogP contribution in [-0.2, 0) is 0 Å². The Morgan fingerprint density at radius 2 is 1.00 bits per heavy atom. The van der Waals surface area contributed by atoms with E-state index in [0.29, 0.717) is 34.1 Å². The zero-order chi connectivity index (χ0) is 20.9. The summed E-state index contributed by atoms with van der Waals surface area (Å²) in [6.07, 6.45) is 0. The molecule has 0 spiro atoms. The van der Waals surface area contributed by atoms with Gasteiger partial charge in [-0.3, -0.25) is 4.79 Å². The van der Waals surface area contributed by atoms with Gasteiger partial charge in [0.25, 0.3) is 0 Å². The molecule has 0 saturated heterocycles. The van der Waals surface area contributed by atoms with Gasteiger partial charge in [0.2, 0.25) is 5.78 Å². The highest BCUT2D eigenvalue weighted by molar-refractivity contribution is 9.10. The number of carbonyl (C=O) groups excluding carboxylic acids is 1.